The number of sulfonamides is 1. The summed E-state index contributed by atoms with van der Waals surface area (Å²) in [4.78, 5) is 12.5. The summed E-state index contributed by atoms with van der Waals surface area (Å²) in [6.45, 7) is 3.23. The Balaban J connectivity index is 1.58. The fourth-order valence-corrected chi connectivity index (χ4v) is 4.94. The minimum Gasteiger partial charge on any atom is -0.352 e. The number of hydrogen-bond donors (Lipinski definition) is 1. The van der Waals surface area contributed by atoms with E-state index in [2.05, 4.69) is 5.32 Å². The molecular weight excluding hydrogens is 360 g/mol. The zero-order chi connectivity index (χ0) is 19.3. The molecule has 1 atom stereocenters. The Bertz CT molecular complexity index is 864. The first kappa shape index (κ1) is 19.6. The van der Waals surface area contributed by atoms with E-state index < -0.39 is 10.0 Å². The summed E-state index contributed by atoms with van der Waals surface area (Å²) in [5.41, 5.74) is 2.98. The van der Waals surface area contributed by atoms with Gasteiger partial charge in [-0.1, -0.05) is 60.2 Å². The standard InChI is InChI=1S/C21H26N2O3S/c1-17-9-11-18(12-10-17)14-22-21(24)20-8-5-13-23(15-20)27(25,26)16-19-6-3-2-4-7-19/h2-4,6-7,9-12,20H,5,8,13-16H2,1H3,(H,22,24). The molecule has 2 aromatic carbocycles. The molecule has 0 aliphatic carbocycles. The summed E-state index contributed by atoms with van der Waals surface area (Å²) < 4.78 is 26.9. The van der Waals surface area contributed by atoms with Gasteiger partial charge in [0.15, 0.2) is 0 Å². The van der Waals surface area contributed by atoms with E-state index in [-0.39, 0.29) is 24.1 Å². The first-order chi connectivity index (χ1) is 12.9. The molecule has 3 rings (SSSR count). The zero-order valence-electron chi connectivity index (χ0n) is 15.6. The third-order valence-corrected chi connectivity index (χ3v) is 6.74. The molecule has 1 N–H and O–H groups in total. The Hall–Kier alpha value is -2.18. The maximum atomic E-state index is 12.7. The Morgan fingerprint density at radius 1 is 1.07 bits per heavy atom. The molecular formula is C21H26N2O3S. The lowest BCUT2D eigenvalue weighted by atomic mass is 9.98. The van der Waals surface area contributed by atoms with Crippen LogP contribution in [0, 0.1) is 12.8 Å². The van der Waals surface area contributed by atoms with Crippen molar-refractivity contribution in [2.24, 2.45) is 5.92 Å². The summed E-state index contributed by atoms with van der Waals surface area (Å²) >= 11 is 0. The van der Waals surface area contributed by atoms with E-state index in [1.807, 2.05) is 61.5 Å². The van der Waals surface area contributed by atoms with E-state index in [4.69, 9.17) is 0 Å². The van der Waals surface area contributed by atoms with Gasteiger partial charge >= 0.3 is 0 Å². The molecule has 1 unspecified atom stereocenters. The van der Waals surface area contributed by atoms with Crippen LogP contribution in [0.1, 0.15) is 29.5 Å². The zero-order valence-corrected chi connectivity index (χ0v) is 16.4. The average Bonchev–Trinajstić information content (AvgIpc) is 2.68. The van der Waals surface area contributed by atoms with E-state index in [1.54, 1.807) is 0 Å². The van der Waals surface area contributed by atoms with Crippen molar-refractivity contribution in [3.63, 3.8) is 0 Å². The van der Waals surface area contributed by atoms with Crippen LogP contribution in [0.25, 0.3) is 0 Å². The number of amides is 1. The molecule has 2 aromatic rings. The number of carbonyl (C=O) groups is 1. The summed E-state index contributed by atoms with van der Waals surface area (Å²) in [5.74, 6) is -0.393. The number of rotatable bonds is 6. The van der Waals surface area contributed by atoms with Gasteiger partial charge in [0.05, 0.1) is 11.7 Å². The molecule has 1 fully saturated rings. The topological polar surface area (TPSA) is 66.5 Å². The van der Waals surface area contributed by atoms with Crippen molar-refractivity contribution in [1.82, 2.24) is 9.62 Å². The fourth-order valence-electron chi connectivity index (χ4n) is 3.32. The number of nitrogens with zero attached hydrogens (tertiary/aromatic N) is 1. The lowest BCUT2D eigenvalue weighted by Crippen LogP contribution is -2.45. The lowest BCUT2D eigenvalue weighted by molar-refractivity contribution is -0.126. The van der Waals surface area contributed by atoms with Crippen molar-refractivity contribution in [2.45, 2.75) is 32.1 Å². The van der Waals surface area contributed by atoms with Crippen LogP contribution >= 0.6 is 0 Å². The Labute approximate surface area is 161 Å². The van der Waals surface area contributed by atoms with Crippen LogP contribution in [0.4, 0.5) is 0 Å². The molecule has 1 saturated heterocycles. The minimum absolute atomic E-state index is 0.0223. The molecule has 0 saturated carbocycles. The SMILES string of the molecule is Cc1ccc(CNC(=O)C2CCCN(S(=O)(=O)Cc3ccccc3)C2)cc1. The van der Waals surface area contributed by atoms with Gasteiger partial charge in [-0.3, -0.25) is 4.79 Å². The average molecular weight is 387 g/mol. The van der Waals surface area contributed by atoms with Crippen LogP contribution in [0.3, 0.4) is 0 Å². The van der Waals surface area contributed by atoms with Gasteiger partial charge in [0.25, 0.3) is 0 Å². The molecule has 27 heavy (non-hydrogen) atoms. The van der Waals surface area contributed by atoms with Gasteiger partial charge < -0.3 is 5.32 Å². The van der Waals surface area contributed by atoms with Gasteiger partial charge in [0, 0.05) is 19.6 Å². The smallest absolute Gasteiger partial charge is 0.224 e. The highest BCUT2D eigenvalue weighted by molar-refractivity contribution is 7.88. The highest BCUT2D eigenvalue weighted by Gasteiger charge is 2.32. The first-order valence-electron chi connectivity index (χ1n) is 9.29. The second-order valence-electron chi connectivity index (χ2n) is 7.14. The maximum Gasteiger partial charge on any atom is 0.224 e. The molecule has 0 radical (unpaired) electrons. The molecule has 1 heterocycles. The number of aryl methyl sites for hydroxylation is 1. The summed E-state index contributed by atoms with van der Waals surface area (Å²) in [6, 6.07) is 17.2. The van der Waals surface area contributed by atoms with Crippen molar-refractivity contribution in [1.29, 1.82) is 0 Å². The van der Waals surface area contributed by atoms with Crippen LogP contribution in [0.2, 0.25) is 0 Å². The molecule has 6 heteroatoms. The van der Waals surface area contributed by atoms with Crippen LogP contribution in [-0.4, -0.2) is 31.7 Å². The fraction of sp³-hybridized carbons (Fsp3) is 0.381. The maximum absolute atomic E-state index is 12.7. The van der Waals surface area contributed by atoms with E-state index in [0.29, 0.717) is 19.5 Å². The number of nitrogens with one attached hydrogen (secondary N) is 1. The van der Waals surface area contributed by atoms with Crippen LogP contribution in [0.15, 0.2) is 54.6 Å². The molecule has 5 nitrogen and oxygen atoms in total. The Morgan fingerprint density at radius 3 is 2.48 bits per heavy atom. The summed E-state index contributed by atoms with van der Waals surface area (Å²) in [5, 5.41) is 2.95. The van der Waals surface area contributed by atoms with E-state index >= 15 is 0 Å². The third-order valence-electron chi connectivity index (χ3n) is 4.93. The van der Waals surface area contributed by atoms with E-state index in [9.17, 15) is 13.2 Å². The van der Waals surface area contributed by atoms with Crippen LogP contribution in [-0.2, 0) is 27.1 Å². The number of carbonyl (C=O) groups excluding carboxylic acids is 1. The molecule has 0 spiro atoms. The quantitative estimate of drug-likeness (QED) is 0.830. The largest absolute Gasteiger partial charge is 0.352 e. The predicted octanol–water partition coefficient (Wildman–Crippen LogP) is 2.85. The first-order valence-corrected chi connectivity index (χ1v) is 10.9. The van der Waals surface area contributed by atoms with Crippen LogP contribution in [0.5, 0.6) is 0 Å². The lowest BCUT2D eigenvalue weighted by Gasteiger charge is -2.31. The van der Waals surface area contributed by atoms with Gasteiger partial charge in [-0.2, -0.15) is 0 Å². The predicted molar refractivity (Wildman–Crippen MR) is 106 cm³/mol. The van der Waals surface area contributed by atoms with Gasteiger partial charge in [-0.25, -0.2) is 12.7 Å². The summed E-state index contributed by atoms with van der Waals surface area (Å²) in [7, 11) is -3.42. The van der Waals surface area contributed by atoms with Crippen LogP contribution < -0.4 is 5.32 Å². The summed E-state index contributed by atoms with van der Waals surface area (Å²) in [6.07, 6.45) is 1.42. The molecule has 1 aliphatic heterocycles. The van der Waals surface area contributed by atoms with Gasteiger partial charge in [-0.15, -0.1) is 0 Å². The van der Waals surface area contributed by atoms with Crippen molar-refractivity contribution in [3.05, 3.63) is 71.3 Å². The second kappa shape index (κ2) is 8.67. The molecule has 0 bridgehead atoms. The number of piperidine rings is 1. The van der Waals surface area contributed by atoms with Gasteiger partial charge in [0.2, 0.25) is 15.9 Å². The highest BCUT2D eigenvalue weighted by Crippen LogP contribution is 2.22. The number of hydrogen-bond acceptors (Lipinski definition) is 3. The molecule has 1 amide bonds. The third kappa shape index (κ3) is 5.40. The van der Waals surface area contributed by atoms with Crippen molar-refractivity contribution in [3.8, 4) is 0 Å². The minimum atomic E-state index is -3.42. The molecule has 0 aromatic heterocycles. The normalized spacial score (nSPS) is 18.2. The van der Waals surface area contributed by atoms with Crippen molar-refractivity contribution < 1.29 is 13.2 Å². The van der Waals surface area contributed by atoms with E-state index in [0.717, 1.165) is 17.5 Å². The van der Waals surface area contributed by atoms with E-state index in [1.165, 1.54) is 9.87 Å². The Kier molecular flexibility index (Phi) is 6.29. The molecule has 144 valence electrons. The highest BCUT2D eigenvalue weighted by atomic mass is 32.2. The molecule has 1 aliphatic rings. The number of benzene rings is 2. The van der Waals surface area contributed by atoms with Crippen molar-refractivity contribution in [2.75, 3.05) is 13.1 Å². The van der Waals surface area contributed by atoms with Gasteiger partial charge in [-0.05, 0) is 30.9 Å². The monoisotopic (exact) mass is 386 g/mol. The van der Waals surface area contributed by atoms with Crippen molar-refractivity contribution >= 4 is 15.9 Å². The second-order valence-corrected chi connectivity index (χ2v) is 9.11. The van der Waals surface area contributed by atoms with Gasteiger partial charge in [0.1, 0.15) is 0 Å². The Morgan fingerprint density at radius 2 is 1.78 bits per heavy atom.